The molecule has 1 N–H and O–H groups in total. The molecule has 2 nitrogen and oxygen atoms in total. The summed E-state index contributed by atoms with van der Waals surface area (Å²) >= 11 is 0. The summed E-state index contributed by atoms with van der Waals surface area (Å²) in [4.78, 5) is 0. The van der Waals surface area contributed by atoms with Crippen molar-refractivity contribution in [3.05, 3.63) is 33.9 Å². The predicted molar refractivity (Wildman–Crippen MR) is 83.7 cm³/mol. The van der Waals surface area contributed by atoms with Crippen molar-refractivity contribution in [1.82, 2.24) is 5.32 Å². The SMILES string of the molecule is Cc1cc(C2CCNCC2)c(C2CCOC2)c(C)c1C. The largest absolute Gasteiger partial charge is 0.381 e. The number of nitrogens with one attached hydrogen (secondary N) is 1. The molecular weight excluding hydrogens is 246 g/mol. The van der Waals surface area contributed by atoms with Crippen LogP contribution in [0.5, 0.6) is 0 Å². The van der Waals surface area contributed by atoms with Crippen molar-refractivity contribution in [2.24, 2.45) is 0 Å². The minimum atomic E-state index is 0.624. The van der Waals surface area contributed by atoms with Gasteiger partial charge in [0.2, 0.25) is 0 Å². The lowest BCUT2D eigenvalue weighted by Crippen LogP contribution is -2.27. The van der Waals surface area contributed by atoms with Crippen LogP contribution in [-0.2, 0) is 4.74 Å². The Morgan fingerprint density at radius 2 is 1.75 bits per heavy atom. The summed E-state index contributed by atoms with van der Waals surface area (Å²) in [5.74, 6) is 1.36. The standard InChI is InChI=1S/C18H27NO/c1-12-10-17(15-4-7-19-8-5-15)18(14(3)13(12)2)16-6-9-20-11-16/h10,15-16,19H,4-9,11H2,1-3H3. The summed E-state index contributed by atoms with van der Waals surface area (Å²) in [6, 6.07) is 2.48. The number of aryl methyl sites for hydroxylation is 1. The quantitative estimate of drug-likeness (QED) is 0.889. The molecule has 1 unspecified atom stereocenters. The summed E-state index contributed by atoms with van der Waals surface area (Å²) in [6.45, 7) is 11.0. The van der Waals surface area contributed by atoms with E-state index in [1.54, 1.807) is 11.1 Å². The van der Waals surface area contributed by atoms with E-state index in [1.165, 1.54) is 36.0 Å². The minimum absolute atomic E-state index is 0.624. The zero-order valence-electron chi connectivity index (χ0n) is 13.1. The molecule has 2 fully saturated rings. The van der Waals surface area contributed by atoms with Gasteiger partial charge >= 0.3 is 0 Å². The maximum Gasteiger partial charge on any atom is 0.0535 e. The molecule has 1 atom stereocenters. The molecule has 0 radical (unpaired) electrons. The van der Waals surface area contributed by atoms with Crippen LogP contribution in [-0.4, -0.2) is 26.3 Å². The van der Waals surface area contributed by atoms with Crippen LogP contribution in [0, 0.1) is 20.8 Å². The molecule has 2 aliphatic rings. The van der Waals surface area contributed by atoms with Gasteiger partial charge in [-0.2, -0.15) is 0 Å². The summed E-state index contributed by atoms with van der Waals surface area (Å²) in [7, 11) is 0. The molecule has 0 saturated carbocycles. The van der Waals surface area contributed by atoms with Crippen molar-refractivity contribution in [1.29, 1.82) is 0 Å². The van der Waals surface area contributed by atoms with E-state index in [0.717, 1.165) is 32.2 Å². The van der Waals surface area contributed by atoms with Crippen molar-refractivity contribution in [2.45, 2.75) is 51.9 Å². The van der Waals surface area contributed by atoms with Gasteiger partial charge in [-0.25, -0.2) is 0 Å². The van der Waals surface area contributed by atoms with E-state index in [4.69, 9.17) is 4.74 Å². The first-order valence-corrected chi connectivity index (χ1v) is 8.07. The molecule has 0 aliphatic carbocycles. The number of piperidine rings is 1. The lowest BCUT2D eigenvalue weighted by molar-refractivity contribution is 0.193. The molecule has 2 aliphatic heterocycles. The van der Waals surface area contributed by atoms with Crippen LogP contribution < -0.4 is 5.32 Å². The van der Waals surface area contributed by atoms with Gasteiger partial charge in [-0.05, 0) is 86.9 Å². The second kappa shape index (κ2) is 5.87. The molecule has 0 spiro atoms. The third-order valence-electron chi connectivity index (χ3n) is 5.36. The predicted octanol–water partition coefficient (Wildman–Crippen LogP) is 3.58. The third kappa shape index (κ3) is 2.51. The first kappa shape index (κ1) is 14.1. The zero-order valence-corrected chi connectivity index (χ0v) is 13.1. The number of hydrogen-bond acceptors (Lipinski definition) is 2. The van der Waals surface area contributed by atoms with Gasteiger partial charge in [0.15, 0.2) is 0 Å². The van der Waals surface area contributed by atoms with Crippen LogP contribution in [0.2, 0.25) is 0 Å². The maximum absolute atomic E-state index is 5.67. The van der Waals surface area contributed by atoms with Crippen molar-refractivity contribution >= 4 is 0 Å². The van der Waals surface area contributed by atoms with Gasteiger partial charge in [-0.3, -0.25) is 0 Å². The second-order valence-corrected chi connectivity index (χ2v) is 6.53. The highest BCUT2D eigenvalue weighted by Crippen LogP contribution is 2.39. The summed E-state index contributed by atoms with van der Waals surface area (Å²) in [6.07, 6.45) is 3.76. The van der Waals surface area contributed by atoms with Crippen molar-refractivity contribution in [3.8, 4) is 0 Å². The molecule has 2 heterocycles. The molecular formula is C18H27NO. The zero-order chi connectivity index (χ0) is 14.1. The van der Waals surface area contributed by atoms with Crippen LogP contribution in [0.1, 0.15) is 58.9 Å². The van der Waals surface area contributed by atoms with E-state index in [2.05, 4.69) is 32.2 Å². The van der Waals surface area contributed by atoms with E-state index in [1.807, 2.05) is 0 Å². The van der Waals surface area contributed by atoms with E-state index < -0.39 is 0 Å². The Hall–Kier alpha value is -0.860. The summed E-state index contributed by atoms with van der Waals surface area (Å²) < 4.78 is 5.67. The molecule has 0 amide bonds. The molecule has 0 bridgehead atoms. The van der Waals surface area contributed by atoms with Crippen LogP contribution in [0.4, 0.5) is 0 Å². The van der Waals surface area contributed by atoms with Gasteiger partial charge in [0, 0.05) is 12.5 Å². The average Bonchev–Trinajstić information content (AvgIpc) is 2.99. The second-order valence-electron chi connectivity index (χ2n) is 6.53. The molecule has 2 saturated heterocycles. The van der Waals surface area contributed by atoms with Gasteiger partial charge < -0.3 is 10.1 Å². The van der Waals surface area contributed by atoms with Gasteiger partial charge in [0.25, 0.3) is 0 Å². The Morgan fingerprint density at radius 3 is 2.40 bits per heavy atom. The van der Waals surface area contributed by atoms with Crippen molar-refractivity contribution in [2.75, 3.05) is 26.3 Å². The van der Waals surface area contributed by atoms with E-state index in [-0.39, 0.29) is 0 Å². The Bertz CT molecular complexity index is 483. The van der Waals surface area contributed by atoms with E-state index in [0.29, 0.717) is 5.92 Å². The first-order chi connectivity index (χ1) is 9.68. The van der Waals surface area contributed by atoms with Crippen LogP contribution in [0.25, 0.3) is 0 Å². The molecule has 20 heavy (non-hydrogen) atoms. The normalized spacial score (nSPS) is 24.2. The number of rotatable bonds is 2. The van der Waals surface area contributed by atoms with Gasteiger partial charge in [0.1, 0.15) is 0 Å². The third-order valence-corrected chi connectivity index (χ3v) is 5.36. The van der Waals surface area contributed by atoms with Crippen molar-refractivity contribution in [3.63, 3.8) is 0 Å². The van der Waals surface area contributed by atoms with E-state index in [9.17, 15) is 0 Å². The number of ether oxygens (including phenoxy) is 1. The Kier molecular flexibility index (Phi) is 4.13. The molecule has 2 heteroatoms. The molecule has 1 aromatic carbocycles. The Balaban J connectivity index is 2.05. The summed E-state index contributed by atoms with van der Waals surface area (Å²) in [5.41, 5.74) is 7.71. The van der Waals surface area contributed by atoms with Gasteiger partial charge in [-0.15, -0.1) is 0 Å². The van der Waals surface area contributed by atoms with Gasteiger partial charge in [0.05, 0.1) is 6.61 Å². The molecule has 3 rings (SSSR count). The molecule has 0 aromatic heterocycles. The minimum Gasteiger partial charge on any atom is -0.381 e. The van der Waals surface area contributed by atoms with E-state index >= 15 is 0 Å². The van der Waals surface area contributed by atoms with Crippen molar-refractivity contribution < 1.29 is 4.74 Å². The lowest BCUT2D eigenvalue weighted by atomic mass is 9.78. The lowest BCUT2D eigenvalue weighted by Gasteiger charge is -2.29. The smallest absolute Gasteiger partial charge is 0.0535 e. The highest BCUT2D eigenvalue weighted by atomic mass is 16.5. The first-order valence-electron chi connectivity index (χ1n) is 8.07. The Labute approximate surface area is 122 Å². The molecule has 1 aromatic rings. The summed E-state index contributed by atoms with van der Waals surface area (Å²) in [5, 5.41) is 3.49. The fourth-order valence-electron chi connectivity index (χ4n) is 3.91. The number of benzene rings is 1. The highest BCUT2D eigenvalue weighted by molar-refractivity contribution is 5.48. The maximum atomic E-state index is 5.67. The van der Waals surface area contributed by atoms with Gasteiger partial charge in [-0.1, -0.05) is 6.07 Å². The fraction of sp³-hybridized carbons (Fsp3) is 0.667. The Morgan fingerprint density at radius 1 is 1.00 bits per heavy atom. The highest BCUT2D eigenvalue weighted by Gasteiger charge is 2.27. The van der Waals surface area contributed by atoms with Crippen LogP contribution >= 0.6 is 0 Å². The fourth-order valence-corrected chi connectivity index (χ4v) is 3.91. The molecule has 110 valence electrons. The monoisotopic (exact) mass is 273 g/mol. The average molecular weight is 273 g/mol. The number of hydrogen-bond donors (Lipinski definition) is 1. The van der Waals surface area contributed by atoms with Crippen LogP contribution in [0.3, 0.4) is 0 Å². The van der Waals surface area contributed by atoms with Crippen LogP contribution in [0.15, 0.2) is 6.07 Å². The topological polar surface area (TPSA) is 21.3 Å².